The van der Waals surface area contributed by atoms with Gasteiger partial charge in [0.25, 0.3) is 0 Å². The van der Waals surface area contributed by atoms with E-state index >= 15 is 0 Å². The molecular weight excluding hydrogens is 287 g/mol. The summed E-state index contributed by atoms with van der Waals surface area (Å²) in [5.74, 6) is 1.34. The first kappa shape index (κ1) is 14.6. The van der Waals surface area contributed by atoms with Gasteiger partial charge in [0.1, 0.15) is 0 Å². The maximum atomic E-state index is 13.8. The first-order chi connectivity index (χ1) is 10.0. The van der Waals surface area contributed by atoms with Crippen molar-refractivity contribution in [2.45, 2.75) is 39.2 Å². The zero-order valence-corrected chi connectivity index (χ0v) is 13.5. The molecule has 1 aliphatic rings. The Bertz CT molecular complexity index is 721. The van der Waals surface area contributed by atoms with Crippen molar-refractivity contribution in [2.24, 2.45) is 11.8 Å². The maximum Gasteiger partial charge on any atom is 0.178 e. The van der Waals surface area contributed by atoms with Gasteiger partial charge in [-0.05, 0) is 43.3 Å². The van der Waals surface area contributed by atoms with E-state index in [-0.39, 0.29) is 11.6 Å². The number of rotatable bonds is 2. The van der Waals surface area contributed by atoms with E-state index in [2.05, 4.69) is 23.4 Å². The summed E-state index contributed by atoms with van der Waals surface area (Å²) in [5, 5.41) is 0. The largest absolute Gasteiger partial charge is 0.494 e. The van der Waals surface area contributed by atoms with Gasteiger partial charge in [-0.25, -0.2) is 4.39 Å². The Morgan fingerprint density at radius 3 is 2.71 bits per heavy atom. The molecular formula is C16H21FN2OS. The third-order valence-electron chi connectivity index (χ3n) is 4.93. The number of nitrogens with one attached hydrogen (secondary N) is 1. The lowest BCUT2D eigenvalue weighted by molar-refractivity contribution is 0.212. The topological polar surface area (TPSA) is 29.9 Å². The molecule has 1 aliphatic carbocycles. The summed E-state index contributed by atoms with van der Waals surface area (Å²) in [6, 6.07) is 3.60. The van der Waals surface area contributed by atoms with Crippen LogP contribution in [0.1, 0.15) is 39.2 Å². The standard InChI is InChI=1S/C16H21FN2OS/c1-9-4-5-11(6-10(9)2)19-14-8-15(20-3)12(17)7-13(14)18-16(19)21/h7-11H,4-6H2,1-3H3,(H,18,21). The fourth-order valence-corrected chi connectivity index (χ4v) is 3.76. The van der Waals surface area contributed by atoms with Gasteiger partial charge in [0.15, 0.2) is 16.3 Å². The predicted octanol–water partition coefficient (Wildman–Crippen LogP) is 4.84. The molecule has 3 atom stereocenters. The van der Waals surface area contributed by atoms with Crippen LogP contribution >= 0.6 is 12.2 Å². The van der Waals surface area contributed by atoms with Gasteiger partial charge in [0, 0.05) is 18.2 Å². The number of hydrogen-bond donors (Lipinski definition) is 1. The van der Waals surface area contributed by atoms with Crippen molar-refractivity contribution < 1.29 is 9.13 Å². The summed E-state index contributed by atoms with van der Waals surface area (Å²) < 4.78 is 21.8. The van der Waals surface area contributed by atoms with E-state index in [1.807, 2.05) is 0 Å². The summed E-state index contributed by atoms with van der Waals surface area (Å²) in [7, 11) is 1.49. The molecule has 21 heavy (non-hydrogen) atoms. The van der Waals surface area contributed by atoms with Crippen LogP contribution in [0, 0.1) is 22.4 Å². The van der Waals surface area contributed by atoms with Gasteiger partial charge in [-0.15, -0.1) is 0 Å². The van der Waals surface area contributed by atoms with E-state index in [0.717, 1.165) is 29.8 Å². The second-order valence-corrected chi connectivity index (χ2v) is 6.61. The van der Waals surface area contributed by atoms with Gasteiger partial charge in [-0.1, -0.05) is 13.8 Å². The van der Waals surface area contributed by atoms with Crippen LogP contribution in [0.5, 0.6) is 5.75 Å². The number of aromatic amines is 1. The van der Waals surface area contributed by atoms with E-state index in [0.29, 0.717) is 16.7 Å². The number of nitrogens with zero attached hydrogens (tertiary/aromatic N) is 1. The number of halogens is 1. The first-order valence-corrected chi connectivity index (χ1v) is 7.89. The fourth-order valence-electron chi connectivity index (χ4n) is 3.40. The molecule has 1 aromatic heterocycles. The molecule has 0 radical (unpaired) electrons. The monoisotopic (exact) mass is 308 g/mol. The van der Waals surface area contributed by atoms with E-state index in [1.165, 1.54) is 19.6 Å². The third-order valence-corrected chi connectivity index (χ3v) is 5.22. The van der Waals surface area contributed by atoms with Gasteiger partial charge in [-0.3, -0.25) is 0 Å². The predicted molar refractivity (Wildman–Crippen MR) is 84.8 cm³/mol. The van der Waals surface area contributed by atoms with Gasteiger partial charge >= 0.3 is 0 Å². The van der Waals surface area contributed by atoms with Crippen molar-refractivity contribution in [3.05, 3.63) is 22.7 Å². The van der Waals surface area contributed by atoms with Crippen molar-refractivity contribution in [3.8, 4) is 5.75 Å². The average molecular weight is 308 g/mol. The molecule has 0 aliphatic heterocycles. The number of imidazole rings is 1. The highest BCUT2D eigenvalue weighted by molar-refractivity contribution is 7.71. The lowest BCUT2D eigenvalue weighted by Crippen LogP contribution is -2.23. The van der Waals surface area contributed by atoms with Crippen LogP contribution in [0.2, 0.25) is 0 Å². The Hall–Kier alpha value is -1.36. The number of methoxy groups -OCH3 is 1. The Balaban J connectivity index is 2.09. The molecule has 1 aromatic carbocycles. The van der Waals surface area contributed by atoms with Crippen LogP contribution in [0.3, 0.4) is 0 Å². The quantitative estimate of drug-likeness (QED) is 0.804. The van der Waals surface area contributed by atoms with Crippen LogP contribution in [0.25, 0.3) is 11.0 Å². The number of H-pyrrole nitrogens is 1. The zero-order valence-electron chi connectivity index (χ0n) is 12.6. The summed E-state index contributed by atoms with van der Waals surface area (Å²) in [4.78, 5) is 3.12. The molecule has 1 fully saturated rings. The highest BCUT2D eigenvalue weighted by Gasteiger charge is 2.27. The second-order valence-electron chi connectivity index (χ2n) is 6.23. The van der Waals surface area contributed by atoms with E-state index in [9.17, 15) is 4.39 Å². The Kier molecular flexibility index (Phi) is 3.78. The third kappa shape index (κ3) is 2.48. The lowest BCUT2D eigenvalue weighted by atomic mass is 9.79. The van der Waals surface area contributed by atoms with Crippen LogP contribution in [0.15, 0.2) is 12.1 Å². The summed E-state index contributed by atoms with van der Waals surface area (Å²) in [6.07, 6.45) is 3.44. The van der Waals surface area contributed by atoms with Crippen LogP contribution in [0.4, 0.5) is 4.39 Å². The van der Waals surface area contributed by atoms with Gasteiger partial charge in [0.2, 0.25) is 0 Å². The molecule has 1 saturated carbocycles. The van der Waals surface area contributed by atoms with Crippen LogP contribution in [-0.4, -0.2) is 16.7 Å². The number of hydrogen-bond acceptors (Lipinski definition) is 2. The highest BCUT2D eigenvalue weighted by atomic mass is 32.1. The smallest absolute Gasteiger partial charge is 0.178 e. The normalized spacial score (nSPS) is 26.2. The SMILES string of the molecule is COc1cc2c(cc1F)[nH]c(=S)n2C1CCC(C)C(C)C1. The number of benzene rings is 1. The molecule has 3 rings (SSSR count). The first-order valence-electron chi connectivity index (χ1n) is 7.49. The zero-order chi connectivity index (χ0) is 15.1. The molecule has 1 heterocycles. The number of fused-ring (bicyclic) bond motifs is 1. The molecule has 114 valence electrons. The average Bonchev–Trinajstić information content (AvgIpc) is 2.76. The molecule has 1 N–H and O–H groups in total. The minimum Gasteiger partial charge on any atom is -0.494 e. The fraction of sp³-hybridized carbons (Fsp3) is 0.562. The van der Waals surface area contributed by atoms with E-state index in [4.69, 9.17) is 17.0 Å². The Labute approximate surface area is 129 Å². The summed E-state index contributed by atoms with van der Waals surface area (Å²) in [5.41, 5.74) is 1.68. The van der Waals surface area contributed by atoms with Gasteiger partial charge in [0.05, 0.1) is 18.1 Å². The van der Waals surface area contributed by atoms with Crippen molar-refractivity contribution in [1.29, 1.82) is 0 Å². The molecule has 0 spiro atoms. The summed E-state index contributed by atoms with van der Waals surface area (Å²) in [6.45, 7) is 4.61. The van der Waals surface area contributed by atoms with E-state index in [1.54, 1.807) is 6.07 Å². The maximum absolute atomic E-state index is 13.8. The van der Waals surface area contributed by atoms with Crippen molar-refractivity contribution >= 4 is 23.3 Å². The molecule has 2 aromatic rings. The Morgan fingerprint density at radius 2 is 2.05 bits per heavy atom. The van der Waals surface area contributed by atoms with Crippen molar-refractivity contribution in [1.82, 2.24) is 9.55 Å². The second kappa shape index (κ2) is 5.44. The number of aromatic nitrogens is 2. The van der Waals surface area contributed by atoms with Crippen LogP contribution in [-0.2, 0) is 0 Å². The Morgan fingerprint density at radius 1 is 1.29 bits per heavy atom. The molecule has 0 bridgehead atoms. The molecule has 3 nitrogen and oxygen atoms in total. The van der Waals surface area contributed by atoms with Crippen LogP contribution < -0.4 is 4.74 Å². The van der Waals surface area contributed by atoms with Crippen molar-refractivity contribution in [2.75, 3.05) is 7.11 Å². The highest BCUT2D eigenvalue weighted by Crippen LogP contribution is 2.38. The molecule has 0 saturated heterocycles. The number of ether oxygens (including phenoxy) is 1. The van der Waals surface area contributed by atoms with Gasteiger partial charge < -0.3 is 14.3 Å². The minimum atomic E-state index is -0.362. The molecule has 0 amide bonds. The minimum absolute atomic E-state index is 0.266. The molecule has 3 unspecified atom stereocenters. The van der Waals surface area contributed by atoms with Crippen molar-refractivity contribution in [3.63, 3.8) is 0 Å². The van der Waals surface area contributed by atoms with E-state index < -0.39 is 0 Å². The summed E-state index contributed by atoms with van der Waals surface area (Å²) >= 11 is 5.47. The lowest BCUT2D eigenvalue weighted by Gasteiger charge is -2.33. The molecule has 5 heteroatoms. The van der Waals surface area contributed by atoms with Gasteiger partial charge in [-0.2, -0.15) is 0 Å².